The maximum atomic E-state index is 11.9. The molecular weight excluding hydrogens is 272 g/mol. The van der Waals surface area contributed by atoms with Gasteiger partial charge in [-0.05, 0) is 18.1 Å². The van der Waals surface area contributed by atoms with E-state index >= 15 is 0 Å². The number of fused-ring (bicyclic) bond motifs is 1. The van der Waals surface area contributed by atoms with Crippen molar-refractivity contribution >= 4 is 15.8 Å². The predicted molar refractivity (Wildman–Crippen MR) is 66.5 cm³/mol. The molecule has 0 fully saturated rings. The van der Waals surface area contributed by atoms with E-state index in [-0.39, 0.29) is 30.1 Å². The molecule has 104 valence electrons. The van der Waals surface area contributed by atoms with Gasteiger partial charge in [0.15, 0.2) is 21.3 Å². The van der Waals surface area contributed by atoms with Gasteiger partial charge in [-0.25, -0.2) is 8.42 Å². The van der Waals surface area contributed by atoms with Crippen LogP contribution in [0.15, 0.2) is 17.0 Å². The van der Waals surface area contributed by atoms with Crippen molar-refractivity contribution in [3.8, 4) is 11.5 Å². The van der Waals surface area contributed by atoms with Crippen LogP contribution in [0.1, 0.15) is 12.0 Å². The largest absolute Gasteiger partial charge is 0.486 e. The van der Waals surface area contributed by atoms with Crippen molar-refractivity contribution in [2.75, 3.05) is 19.5 Å². The summed E-state index contributed by atoms with van der Waals surface area (Å²) >= 11 is 0. The van der Waals surface area contributed by atoms with Crippen LogP contribution in [0.25, 0.3) is 0 Å². The Morgan fingerprint density at radius 2 is 2.00 bits per heavy atom. The normalized spacial score (nSPS) is 14.2. The van der Waals surface area contributed by atoms with Gasteiger partial charge in [0.05, 0.1) is 0 Å². The van der Waals surface area contributed by atoms with Gasteiger partial charge in [-0.2, -0.15) is 0 Å². The number of carboxylic acids is 1. The molecule has 1 N–H and O–H groups in total. The molecule has 0 spiro atoms. The van der Waals surface area contributed by atoms with Crippen molar-refractivity contribution in [2.24, 2.45) is 0 Å². The minimum Gasteiger partial charge on any atom is -0.486 e. The van der Waals surface area contributed by atoms with Gasteiger partial charge in [0.2, 0.25) is 0 Å². The Kier molecular flexibility index (Phi) is 3.66. The molecule has 1 aromatic rings. The second-order valence-corrected chi connectivity index (χ2v) is 6.20. The van der Waals surface area contributed by atoms with Gasteiger partial charge in [0.25, 0.3) is 0 Å². The number of carboxylic acid groups (broad SMARTS) is 1. The number of hydrogen-bond acceptors (Lipinski definition) is 5. The van der Waals surface area contributed by atoms with Crippen molar-refractivity contribution in [3.05, 3.63) is 17.7 Å². The molecule has 19 heavy (non-hydrogen) atoms. The maximum absolute atomic E-state index is 11.9. The first-order valence-electron chi connectivity index (χ1n) is 5.73. The highest BCUT2D eigenvalue weighted by molar-refractivity contribution is 7.90. The molecule has 0 aromatic heterocycles. The highest BCUT2D eigenvalue weighted by atomic mass is 32.2. The van der Waals surface area contributed by atoms with Crippen LogP contribution in [0, 0.1) is 0 Å². The molecule has 0 radical (unpaired) electrons. The Balaban J connectivity index is 2.51. The number of rotatable bonds is 4. The lowest BCUT2D eigenvalue weighted by Gasteiger charge is -2.22. The van der Waals surface area contributed by atoms with Crippen molar-refractivity contribution in [2.45, 2.75) is 17.7 Å². The molecule has 1 aliphatic heterocycles. The summed E-state index contributed by atoms with van der Waals surface area (Å²) in [4.78, 5) is 10.7. The maximum Gasteiger partial charge on any atom is 0.303 e. The molecular formula is C12H14O6S. The highest BCUT2D eigenvalue weighted by Gasteiger charge is 2.26. The van der Waals surface area contributed by atoms with Crippen molar-refractivity contribution < 1.29 is 27.8 Å². The first-order chi connectivity index (χ1) is 8.89. The van der Waals surface area contributed by atoms with E-state index < -0.39 is 15.8 Å². The van der Waals surface area contributed by atoms with Crippen LogP contribution in [0.3, 0.4) is 0 Å². The van der Waals surface area contributed by atoms with E-state index in [1.165, 1.54) is 0 Å². The second kappa shape index (κ2) is 5.08. The Bertz CT molecular complexity index is 605. The third-order valence-corrected chi connectivity index (χ3v) is 3.91. The van der Waals surface area contributed by atoms with Gasteiger partial charge < -0.3 is 14.6 Å². The lowest BCUT2D eigenvalue weighted by molar-refractivity contribution is -0.136. The fourth-order valence-corrected chi connectivity index (χ4v) is 3.12. The third-order valence-electron chi connectivity index (χ3n) is 2.72. The number of aliphatic carboxylic acids is 1. The summed E-state index contributed by atoms with van der Waals surface area (Å²) in [6.45, 7) is 0.641. The van der Waals surface area contributed by atoms with Crippen LogP contribution in [0.2, 0.25) is 0 Å². The molecule has 7 heteroatoms. The molecule has 1 heterocycles. The van der Waals surface area contributed by atoms with Crippen LogP contribution >= 0.6 is 0 Å². The smallest absolute Gasteiger partial charge is 0.303 e. The monoisotopic (exact) mass is 286 g/mol. The molecule has 0 amide bonds. The van der Waals surface area contributed by atoms with E-state index in [1.807, 2.05) is 0 Å². The zero-order valence-electron chi connectivity index (χ0n) is 10.4. The van der Waals surface area contributed by atoms with Gasteiger partial charge in [-0.1, -0.05) is 6.07 Å². The molecule has 0 saturated heterocycles. The van der Waals surface area contributed by atoms with E-state index in [0.29, 0.717) is 17.9 Å². The van der Waals surface area contributed by atoms with Crippen LogP contribution in [0.5, 0.6) is 11.5 Å². The number of benzene rings is 1. The van der Waals surface area contributed by atoms with E-state index in [0.717, 1.165) is 6.26 Å². The standard InChI is InChI=1S/C12H14O6S/c1-19(15,16)12-8(3-5-10(13)14)2-4-9-11(12)18-7-6-17-9/h2,4H,3,5-7H2,1H3,(H,13,14). The van der Waals surface area contributed by atoms with Crippen molar-refractivity contribution in [3.63, 3.8) is 0 Å². The minimum atomic E-state index is -3.52. The Hall–Kier alpha value is -1.76. The summed E-state index contributed by atoms with van der Waals surface area (Å²) < 4.78 is 34.5. The van der Waals surface area contributed by atoms with E-state index in [2.05, 4.69) is 0 Å². The third kappa shape index (κ3) is 2.98. The Morgan fingerprint density at radius 3 is 2.63 bits per heavy atom. The van der Waals surface area contributed by atoms with Gasteiger partial charge in [-0.3, -0.25) is 4.79 Å². The fraction of sp³-hybridized carbons (Fsp3) is 0.417. The molecule has 0 saturated carbocycles. The highest BCUT2D eigenvalue weighted by Crippen LogP contribution is 2.39. The average molecular weight is 286 g/mol. The summed E-state index contributed by atoms with van der Waals surface area (Å²) in [6, 6.07) is 3.19. The number of ether oxygens (including phenoxy) is 2. The first-order valence-corrected chi connectivity index (χ1v) is 7.62. The van der Waals surface area contributed by atoms with Crippen molar-refractivity contribution in [1.29, 1.82) is 0 Å². The van der Waals surface area contributed by atoms with Crippen LogP contribution < -0.4 is 9.47 Å². The van der Waals surface area contributed by atoms with Gasteiger partial charge in [0.1, 0.15) is 18.1 Å². The van der Waals surface area contributed by atoms with Crippen molar-refractivity contribution in [1.82, 2.24) is 0 Å². The molecule has 1 aromatic carbocycles. The SMILES string of the molecule is CS(=O)(=O)c1c(CCC(=O)O)ccc2c1OCCO2. The van der Waals surface area contributed by atoms with Gasteiger partial charge in [-0.15, -0.1) is 0 Å². The summed E-state index contributed by atoms with van der Waals surface area (Å²) in [5.74, 6) is -0.406. The summed E-state index contributed by atoms with van der Waals surface area (Å²) in [5, 5.41) is 8.70. The van der Waals surface area contributed by atoms with E-state index in [9.17, 15) is 13.2 Å². The fourth-order valence-electron chi connectivity index (χ4n) is 1.98. The molecule has 2 rings (SSSR count). The minimum absolute atomic E-state index is 0.0333. The van der Waals surface area contributed by atoms with Crippen LogP contribution in [-0.2, 0) is 21.1 Å². The lowest BCUT2D eigenvalue weighted by atomic mass is 10.1. The molecule has 0 atom stereocenters. The van der Waals surface area contributed by atoms with E-state index in [4.69, 9.17) is 14.6 Å². The van der Waals surface area contributed by atoms with Crippen LogP contribution in [-0.4, -0.2) is 39.0 Å². The zero-order chi connectivity index (χ0) is 14.0. The molecule has 1 aliphatic rings. The van der Waals surface area contributed by atoms with Gasteiger partial charge >= 0.3 is 5.97 Å². The Morgan fingerprint density at radius 1 is 1.32 bits per heavy atom. The number of sulfone groups is 1. The topological polar surface area (TPSA) is 89.9 Å². The second-order valence-electron chi connectivity index (χ2n) is 4.24. The van der Waals surface area contributed by atoms with Gasteiger partial charge in [0, 0.05) is 12.7 Å². The summed E-state index contributed by atoms with van der Waals surface area (Å²) in [6.07, 6.45) is 1.07. The average Bonchev–Trinajstić information content (AvgIpc) is 2.34. The molecule has 6 nitrogen and oxygen atoms in total. The first kappa shape index (κ1) is 13.7. The van der Waals surface area contributed by atoms with E-state index in [1.54, 1.807) is 12.1 Å². The summed E-state index contributed by atoms with van der Waals surface area (Å²) in [5.41, 5.74) is 0.439. The molecule has 0 aliphatic carbocycles. The lowest BCUT2D eigenvalue weighted by Crippen LogP contribution is -2.18. The number of carbonyl (C=O) groups is 1. The summed E-state index contributed by atoms with van der Waals surface area (Å²) in [7, 11) is -3.52. The van der Waals surface area contributed by atoms with Crippen LogP contribution in [0.4, 0.5) is 0 Å². The molecule has 0 bridgehead atoms. The predicted octanol–water partition coefficient (Wildman–Crippen LogP) is 0.879. The number of hydrogen-bond donors (Lipinski definition) is 1. The zero-order valence-corrected chi connectivity index (χ0v) is 11.2. The quantitative estimate of drug-likeness (QED) is 0.883. The molecule has 0 unspecified atom stereocenters. The number of aryl methyl sites for hydroxylation is 1. The Labute approximate surface area is 110 Å².